The third-order valence-corrected chi connectivity index (χ3v) is 3.78. The fourth-order valence-corrected chi connectivity index (χ4v) is 2.24. The highest BCUT2D eigenvalue weighted by Gasteiger charge is 2.24. The third-order valence-electron chi connectivity index (χ3n) is 3.78. The van der Waals surface area contributed by atoms with Crippen molar-refractivity contribution in [3.8, 4) is 17.2 Å². The van der Waals surface area contributed by atoms with E-state index < -0.39 is 0 Å². The lowest BCUT2D eigenvalue weighted by atomic mass is 10.2. The summed E-state index contributed by atoms with van der Waals surface area (Å²) in [6, 6.07) is 15.7. The first kappa shape index (κ1) is 15.3. The van der Waals surface area contributed by atoms with Gasteiger partial charge < -0.3 is 23.7 Å². The van der Waals surface area contributed by atoms with E-state index in [2.05, 4.69) is 0 Å². The van der Waals surface area contributed by atoms with Crippen molar-refractivity contribution in [3.63, 3.8) is 0 Å². The molecule has 4 rings (SSSR count). The van der Waals surface area contributed by atoms with E-state index in [4.69, 9.17) is 23.7 Å². The largest absolute Gasteiger partial charge is 0.491 e. The summed E-state index contributed by atoms with van der Waals surface area (Å²) in [6.45, 7) is 3.14. The summed E-state index contributed by atoms with van der Waals surface area (Å²) in [6.07, 6.45) is 0.422. The molecule has 0 aromatic heterocycles. The quantitative estimate of drug-likeness (QED) is 0.663. The second kappa shape index (κ2) is 7.11. The van der Waals surface area contributed by atoms with E-state index >= 15 is 0 Å². The predicted molar refractivity (Wildman–Crippen MR) is 87.7 cm³/mol. The molecule has 24 heavy (non-hydrogen) atoms. The first-order valence-corrected chi connectivity index (χ1v) is 8.16. The number of rotatable bonds is 9. The minimum absolute atomic E-state index is 0.211. The molecule has 126 valence electrons. The summed E-state index contributed by atoms with van der Waals surface area (Å²) >= 11 is 0. The lowest BCUT2D eigenvalue weighted by Gasteiger charge is -2.12. The van der Waals surface area contributed by atoms with Crippen LogP contribution >= 0.6 is 0 Å². The molecule has 2 aliphatic heterocycles. The van der Waals surface area contributed by atoms with Gasteiger partial charge in [0.2, 0.25) is 0 Å². The fraction of sp³-hybridized carbons (Fsp3) is 0.368. The first-order valence-electron chi connectivity index (χ1n) is 8.16. The topological polar surface area (TPSA) is 52.8 Å². The zero-order valence-corrected chi connectivity index (χ0v) is 13.4. The molecule has 2 fully saturated rings. The number of benzene rings is 2. The van der Waals surface area contributed by atoms with Crippen LogP contribution in [-0.2, 0) is 16.1 Å². The Kier molecular flexibility index (Phi) is 4.53. The Labute approximate surface area is 141 Å². The van der Waals surface area contributed by atoms with Crippen LogP contribution in [0.25, 0.3) is 0 Å². The van der Waals surface area contributed by atoms with E-state index in [1.54, 1.807) is 0 Å². The molecule has 2 unspecified atom stereocenters. The molecule has 0 spiro atoms. The highest BCUT2D eigenvalue weighted by molar-refractivity contribution is 5.42. The van der Waals surface area contributed by atoms with Crippen LogP contribution in [0, 0.1) is 0 Å². The SMILES string of the molecule is c1ccc(COc2cc(OCC3CO3)cc(OCC3CO3)c2)cc1. The highest BCUT2D eigenvalue weighted by atomic mass is 16.6. The third kappa shape index (κ3) is 4.63. The molecule has 2 aromatic carbocycles. The molecule has 0 saturated carbocycles. The van der Waals surface area contributed by atoms with Crippen LogP contribution in [0.5, 0.6) is 17.2 Å². The standard InChI is InChI=1S/C19H20O5/c1-2-4-14(5-3-1)9-20-15-6-16(21-10-18-12-23-18)8-17(7-15)22-11-19-13-24-19/h1-8,18-19H,9-13H2. The van der Waals surface area contributed by atoms with Crippen LogP contribution in [0.15, 0.2) is 48.5 Å². The predicted octanol–water partition coefficient (Wildman–Crippen LogP) is 2.82. The van der Waals surface area contributed by atoms with Crippen molar-refractivity contribution in [1.82, 2.24) is 0 Å². The van der Waals surface area contributed by atoms with E-state index in [0.29, 0.717) is 19.8 Å². The molecule has 0 amide bonds. The van der Waals surface area contributed by atoms with E-state index in [1.165, 1.54) is 0 Å². The molecule has 2 aliphatic rings. The number of epoxide rings is 2. The lowest BCUT2D eigenvalue weighted by molar-refractivity contribution is 0.247. The molecule has 5 heteroatoms. The maximum absolute atomic E-state index is 5.90. The van der Waals surface area contributed by atoms with Crippen molar-refractivity contribution in [1.29, 1.82) is 0 Å². The molecule has 0 N–H and O–H groups in total. The van der Waals surface area contributed by atoms with Gasteiger partial charge in [-0.1, -0.05) is 30.3 Å². The molecule has 2 heterocycles. The van der Waals surface area contributed by atoms with Crippen LogP contribution < -0.4 is 14.2 Å². The molecule has 0 aliphatic carbocycles. The average molecular weight is 328 g/mol. The van der Waals surface area contributed by atoms with Crippen LogP contribution in [-0.4, -0.2) is 38.6 Å². The molecule has 0 radical (unpaired) electrons. The van der Waals surface area contributed by atoms with E-state index in [-0.39, 0.29) is 12.2 Å². The summed E-state index contributed by atoms with van der Waals surface area (Å²) < 4.78 is 27.8. The van der Waals surface area contributed by atoms with E-state index in [0.717, 1.165) is 36.0 Å². The van der Waals surface area contributed by atoms with Crippen molar-refractivity contribution in [2.45, 2.75) is 18.8 Å². The van der Waals surface area contributed by atoms with Gasteiger partial charge in [-0.2, -0.15) is 0 Å². The lowest BCUT2D eigenvalue weighted by Crippen LogP contribution is -2.07. The second-order valence-electron chi connectivity index (χ2n) is 5.95. The van der Waals surface area contributed by atoms with Gasteiger partial charge in [-0.15, -0.1) is 0 Å². The van der Waals surface area contributed by atoms with Gasteiger partial charge in [0.15, 0.2) is 0 Å². The van der Waals surface area contributed by atoms with Gasteiger partial charge in [0.25, 0.3) is 0 Å². The van der Waals surface area contributed by atoms with Gasteiger partial charge in [0, 0.05) is 18.2 Å². The summed E-state index contributed by atoms with van der Waals surface area (Å²) in [7, 11) is 0. The molecule has 2 aromatic rings. The van der Waals surface area contributed by atoms with Gasteiger partial charge >= 0.3 is 0 Å². The molecule has 2 atom stereocenters. The zero-order chi connectivity index (χ0) is 16.2. The monoisotopic (exact) mass is 328 g/mol. The smallest absolute Gasteiger partial charge is 0.127 e. The normalized spacial score (nSPS) is 21.2. The van der Waals surface area contributed by atoms with E-state index in [9.17, 15) is 0 Å². The van der Waals surface area contributed by atoms with E-state index in [1.807, 2.05) is 48.5 Å². The minimum atomic E-state index is 0.211. The highest BCUT2D eigenvalue weighted by Crippen LogP contribution is 2.30. The van der Waals surface area contributed by atoms with Gasteiger partial charge in [-0.3, -0.25) is 0 Å². The Morgan fingerprint density at radius 2 is 1.25 bits per heavy atom. The minimum Gasteiger partial charge on any atom is -0.491 e. The van der Waals surface area contributed by atoms with Gasteiger partial charge in [0.05, 0.1) is 13.2 Å². The molecular formula is C19H20O5. The Balaban J connectivity index is 1.42. The van der Waals surface area contributed by atoms with Crippen LogP contribution in [0.2, 0.25) is 0 Å². The van der Waals surface area contributed by atoms with Crippen molar-refractivity contribution >= 4 is 0 Å². The maximum Gasteiger partial charge on any atom is 0.127 e. The zero-order valence-electron chi connectivity index (χ0n) is 13.4. The molecule has 2 saturated heterocycles. The van der Waals surface area contributed by atoms with Gasteiger partial charge in [0.1, 0.15) is 49.3 Å². The van der Waals surface area contributed by atoms with Crippen LogP contribution in [0.4, 0.5) is 0 Å². The first-order chi connectivity index (χ1) is 11.8. The number of hydrogen-bond donors (Lipinski definition) is 0. The Hall–Kier alpha value is -2.24. The Bertz CT molecular complexity index is 630. The Morgan fingerprint density at radius 3 is 1.75 bits per heavy atom. The van der Waals surface area contributed by atoms with Crippen LogP contribution in [0.3, 0.4) is 0 Å². The summed E-state index contributed by atoms with van der Waals surface area (Å²) in [5.41, 5.74) is 1.11. The fourth-order valence-electron chi connectivity index (χ4n) is 2.24. The van der Waals surface area contributed by atoms with Crippen molar-refractivity contribution in [3.05, 3.63) is 54.1 Å². The Morgan fingerprint density at radius 1 is 0.750 bits per heavy atom. The second-order valence-corrected chi connectivity index (χ2v) is 5.95. The molecular weight excluding hydrogens is 308 g/mol. The maximum atomic E-state index is 5.90. The van der Waals surface area contributed by atoms with Gasteiger partial charge in [-0.05, 0) is 5.56 Å². The van der Waals surface area contributed by atoms with Crippen molar-refractivity contribution < 1.29 is 23.7 Å². The number of ether oxygens (including phenoxy) is 5. The van der Waals surface area contributed by atoms with Crippen molar-refractivity contribution in [2.24, 2.45) is 0 Å². The summed E-state index contributed by atoms with van der Waals surface area (Å²) in [5, 5.41) is 0. The number of hydrogen-bond acceptors (Lipinski definition) is 5. The molecule has 0 bridgehead atoms. The summed E-state index contributed by atoms with van der Waals surface area (Å²) in [5.74, 6) is 2.17. The molecule has 5 nitrogen and oxygen atoms in total. The van der Waals surface area contributed by atoms with Crippen molar-refractivity contribution in [2.75, 3.05) is 26.4 Å². The van der Waals surface area contributed by atoms with Gasteiger partial charge in [-0.25, -0.2) is 0 Å². The average Bonchev–Trinajstić information content (AvgIpc) is 3.52. The summed E-state index contributed by atoms with van der Waals surface area (Å²) in [4.78, 5) is 0. The van der Waals surface area contributed by atoms with Crippen LogP contribution in [0.1, 0.15) is 5.56 Å².